The maximum absolute atomic E-state index is 10.1. The number of benzene rings is 1. The number of rotatable bonds is 6. The second kappa shape index (κ2) is 7.15. The first-order valence-electron chi connectivity index (χ1n) is 6.50. The highest BCUT2D eigenvalue weighted by molar-refractivity contribution is 5.32. The molecule has 3 heteroatoms. The highest BCUT2D eigenvalue weighted by atomic mass is 16.3. The zero-order valence-corrected chi connectivity index (χ0v) is 11.4. The van der Waals surface area contributed by atoms with Crippen LogP contribution >= 0.6 is 0 Å². The summed E-state index contributed by atoms with van der Waals surface area (Å²) < 4.78 is 0. The van der Waals surface area contributed by atoms with Gasteiger partial charge in [-0.25, -0.2) is 0 Å². The Morgan fingerprint density at radius 3 is 2.33 bits per heavy atom. The van der Waals surface area contributed by atoms with E-state index in [-0.39, 0.29) is 0 Å². The van der Waals surface area contributed by atoms with Gasteiger partial charge in [0.25, 0.3) is 0 Å². The molecule has 0 aromatic heterocycles. The van der Waals surface area contributed by atoms with Crippen LogP contribution in [0.25, 0.3) is 0 Å². The molecule has 1 aromatic rings. The SMILES string of the molecule is CCC(NCC(O)c1ccc(C#N)cc1)C(C)C. The molecule has 0 spiro atoms. The molecular weight excluding hydrogens is 224 g/mol. The Morgan fingerprint density at radius 1 is 1.28 bits per heavy atom. The Morgan fingerprint density at radius 2 is 1.89 bits per heavy atom. The van der Waals surface area contributed by atoms with Gasteiger partial charge in [-0.1, -0.05) is 32.9 Å². The van der Waals surface area contributed by atoms with Gasteiger partial charge in [0.1, 0.15) is 0 Å². The van der Waals surface area contributed by atoms with Crippen LogP contribution in [0.5, 0.6) is 0 Å². The quantitative estimate of drug-likeness (QED) is 0.811. The summed E-state index contributed by atoms with van der Waals surface area (Å²) in [6, 6.07) is 9.58. The molecule has 0 heterocycles. The molecule has 18 heavy (non-hydrogen) atoms. The fourth-order valence-corrected chi connectivity index (χ4v) is 2.01. The second-order valence-electron chi connectivity index (χ2n) is 4.92. The Labute approximate surface area is 109 Å². The molecule has 3 nitrogen and oxygen atoms in total. The van der Waals surface area contributed by atoms with E-state index < -0.39 is 6.10 Å². The first-order chi connectivity index (χ1) is 8.58. The van der Waals surface area contributed by atoms with Crippen LogP contribution in [0.2, 0.25) is 0 Å². The standard InChI is InChI=1S/C15H22N2O/c1-4-14(11(2)3)17-10-15(18)13-7-5-12(9-16)6-8-13/h5-8,11,14-15,17-18H,4,10H2,1-3H3. The predicted octanol–water partition coefficient (Wildman–Crippen LogP) is 2.62. The fourth-order valence-electron chi connectivity index (χ4n) is 2.01. The molecule has 0 saturated heterocycles. The molecular formula is C15H22N2O. The van der Waals surface area contributed by atoms with Gasteiger partial charge < -0.3 is 10.4 Å². The lowest BCUT2D eigenvalue weighted by Crippen LogP contribution is -2.36. The molecule has 98 valence electrons. The van der Waals surface area contributed by atoms with Gasteiger partial charge in [-0.2, -0.15) is 5.26 Å². The van der Waals surface area contributed by atoms with Crippen molar-refractivity contribution in [1.29, 1.82) is 5.26 Å². The van der Waals surface area contributed by atoms with E-state index in [1.165, 1.54) is 0 Å². The summed E-state index contributed by atoms with van der Waals surface area (Å²) in [6.45, 7) is 7.04. The van der Waals surface area contributed by atoms with Crippen LogP contribution in [0, 0.1) is 17.2 Å². The molecule has 0 radical (unpaired) electrons. The van der Waals surface area contributed by atoms with Gasteiger partial charge in [0.2, 0.25) is 0 Å². The fraction of sp³-hybridized carbons (Fsp3) is 0.533. The van der Waals surface area contributed by atoms with Crippen molar-refractivity contribution in [3.05, 3.63) is 35.4 Å². The average molecular weight is 246 g/mol. The van der Waals surface area contributed by atoms with Crippen molar-refractivity contribution < 1.29 is 5.11 Å². The van der Waals surface area contributed by atoms with Gasteiger partial charge in [-0.3, -0.25) is 0 Å². The molecule has 2 atom stereocenters. The van der Waals surface area contributed by atoms with Crippen molar-refractivity contribution in [3.63, 3.8) is 0 Å². The second-order valence-corrected chi connectivity index (χ2v) is 4.92. The molecule has 1 aromatic carbocycles. The molecule has 0 aliphatic carbocycles. The van der Waals surface area contributed by atoms with Gasteiger partial charge in [0.05, 0.1) is 17.7 Å². The van der Waals surface area contributed by atoms with E-state index in [0.717, 1.165) is 12.0 Å². The molecule has 0 aliphatic rings. The van der Waals surface area contributed by atoms with E-state index in [9.17, 15) is 5.11 Å². The van der Waals surface area contributed by atoms with Crippen LogP contribution in [-0.2, 0) is 0 Å². The van der Waals surface area contributed by atoms with Gasteiger partial charge in [-0.15, -0.1) is 0 Å². The molecule has 2 unspecified atom stereocenters. The number of aliphatic hydroxyl groups is 1. The lowest BCUT2D eigenvalue weighted by Gasteiger charge is -2.22. The van der Waals surface area contributed by atoms with E-state index in [0.29, 0.717) is 24.1 Å². The molecule has 0 aliphatic heterocycles. The average Bonchev–Trinajstić information content (AvgIpc) is 2.39. The number of nitriles is 1. The monoisotopic (exact) mass is 246 g/mol. The minimum atomic E-state index is -0.523. The predicted molar refractivity (Wildman–Crippen MR) is 73.0 cm³/mol. The van der Waals surface area contributed by atoms with Crippen LogP contribution in [0.4, 0.5) is 0 Å². The van der Waals surface area contributed by atoms with E-state index in [2.05, 4.69) is 32.2 Å². The summed E-state index contributed by atoms with van der Waals surface area (Å²) in [4.78, 5) is 0. The number of aliphatic hydroxyl groups excluding tert-OH is 1. The van der Waals surface area contributed by atoms with Crippen LogP contribution in [0.3, 0.4) is 0 Å². The molecule has 0 saturated carbocycles. The summed E-state index contributed by atoms with van der Waals surface area (Å²) in [5.74, 6) is 0.558. The third-order valence-electron chi connectivity index (χ3n) is 3.24. The van der Waals surface area contributed by atoms with Crippen molar-refractivity contribution in [2.24, 2.45) is 5.92 Å². The molecule has 0 bridgehead atoms. The van der Waals surface area contributed by atoms with Crippen molar-refractivity contribution in [2.75, 3.05) is 6.54 Å². The van der Waals surface area contributed by atoms with E-state index >= 15 is 0 Å². The largest absolute Gasteiger partial charge is 0.387 e. The Bertz CT molecular complexity index is 392. The topological polar surface area (TPSA) is 56.0 Å². The lowest BCUT2D eigenvalue weighted by molar-refractivity contribution is 0.165. The van der Waals surface area contributed by atoms with Crippen LogP contribution in [0.1, 0.15) is 44.4 Å². The Hall–Kier alpha value is -1.37. The van der Waals surface area contributed by atoms with Crippen molar-refractivity contribution in [1.82, 2.24) is 5.32 Å². The maximum atomic E-state index is 10.1. The zero-order chi connectivity index (χ0) is 13.5. The maximum Gasteiger partial charge on any atom is 0.0991 e. The third-order valence-corrected chi connectivity index (χ3v) is 3.24. The first kappa shape index (κ1) is 14.7. The van der Waals surface area contributed by atoms with Gasteiger partial charge in [0, 0.05) is 12.6 Å². The number of nitrogens with zero attached hydrogens (tertiary/aromatic N) is 1. The Kier molecular flexibility index (Phi) is 5.84. The Balaban J connectivity index is 2.54. The summed E-state index contributed by atoms with van der Waals surface area (Å²) in [7, 11) is 0. The van der Waals surface area contributed by atoms with Crippen LogP contribution in [-0.4, -0.2) is 17.7 Å². The number of nitrogens with one attached hydrogen (secondary N) is 1. The highest BCUT2D eigenvalue weighted by Gasteiger charge is 2.13. The summed E-state index contributed by atoms with van der Waals surface area (Å²) in [5, 5.41) is 22.2. The van der Waals surface area contributed by atoms with E-state index in [4.69, 9.17) is 5.26 Å². The minimum absolute atomic E-state index is 0.429. The van der Waals surface area contributed by atoms with Crippen LogP contribution in [0.15, 0.2) is 24.3 Å². The lowest BCUT2D eigenvalue weighted by atomic mass is 10.0. The van der Waals surface area contributed by atoms with Gasteiger partial charge >= 0.3 is 0 Å². The minimum Gasteiger partial charge on any atom is -0.387 e. The van der Waals surface area contributed by atoms with Crippen LogP contribution < -0.4 is 5.32 Å². The highest BCUT2D eigenvalue weighted by Crippen LogP contribution is 2.14. The number of hydrogen-bond donors (Lipinski definition) is 2. The molecule has 0 amide bonds. The summed E-state index contributed by atoms with van der Waals surface area (Å²) >= 11 is 0. The van der Waals surface area contributed by atoms with E-state index in [1.54, 1.807) is 24.3 Å². The van der Waals surface area contributed by atoms with Crippen molar-refractivity contribution >= 4 is 0 Å². The van der Waals surface area contributed by atoms with Crippen molar-refractivity contribution in [3.8, 4) is 6.07 Å². The summed E-state index contributed by atoms with van der Waals surface area (Å²) in [6.07, 6.45) is 0.531. The normalized spacial score (nSPS) is 14.2. The van der Waals surface area contributed by atoms with Gasteiger partial charge in [-0.05, 0) is 30.0 Å². The summed E-state index contributed by atoms with van der Waals surface area (Å²) in [5.41, 5.74) is 1.47. The third kappa shape index (κ3) is 4.14. The zero-order valence-electron chi connectivity index (χ0n) is 11.4. The molecule has 2 N–H and O–H groups in total. The van der Waals surface area contributed by atoms with Gasteiger partial charge in [0.15, 0.2) is 0 Å². The first-order valence-corrected chi connectivity index (χ1v) is 6.50. The van der Waals surface area contributed by atoms with Crippen molar-refractivity contribution in [2.45, 2.75) is 39.3 Å². The number of hydrogen-bond acceptors (Lipinski definition) is 3. The van der Waals surface area contributed by atoms with E-state index in [1.807, 2.05) is 0 Å². The smallest absolute Gasteiger partial charge is 0.0991 e. The molecule has 1 rings (SSSR count). The molecule has 0 fully saturated rings.